The minimum absolute atomic E-state index is 0.0583. The second-order valence-electron chi connectivity index (χ2n) is 6.24. The number of carbonyl (C=O) groups excluding carboxylic acids is 1. The number of aromatic nitrogens is 1. The Morgan fingerprint density at radius 2 is 2.35 bits per heavy atom. The maximum absolute atomic E-state index is 12.0. The van der Waals surface area contributed by atoms with Crippen molar-refractivity contribution in [2.24, 2.45) is 0 Å². The molecule has 1 spiro atoms. The molecule has 124 valence electrons. The fraction of sp³-hybridized carbons (Fsp3) is 0.562. The van der Waals surface area contributed by atoms with Gasteiger partial charge in [0.1, 0.15) is 0 Å². The largest absolute Gasteiger partial charge is 0.481 e. The summed E-state index contributed by atoms with van der Waals surface area (Å²) in [5.41, 5.74) is 0.671. The van der Waals surface area contributed by atoms with Gasteiger partial charge >= 0.3 is 5.97 Å². The zero-order valence-electron chi connectivity index (χ0n) is 12.9. The van der Waals surface area contributed by atoms with Crippen LogP contribution in [-0.4, -0.2) is 58.2 Å². The van der Waals surface area contributed by atoms with E-state index in [1.807, 2.05) is 12.1 Å². The van der Waals surface area contributed by atoms with Crippen molar-refractivity contribution in [1.29, 1.82) is 0 Å². The SMILES string of the molecule is O=C(O)CCC(=O)N1CC[C@@]2(C[C@@H](Nc3cccnc3)CO2)C1. The van der Waals surface area contributed by atoms with Crippen molar-refractivity contribution in [1.82, 2.24) is 9.88 Å². The topological polar surface area (TPSA) is 91.8 Å². The standard InChI is InChI=1S/C16H21N3O4/c20-14(3-4-15(21)22)19-7-5-16(11-19)8-13(10-23-16)18-12-2-1-6-17-9-12/h1-2,6,9,13,18H,3-5,7-8,10-11H2,(H,21,22)/t13-,16-/m1/s1. The molecule has 0 aromatic carbocycles. The Morgan fingerprint density at radius 3 is 3.09 bits per heavy atom. The molecule has 2 N–H and O–H groups in total. The lowest BCUT2D eigenvalue weighted by molar-refractivity contribution is -0.140. The lowest BCUT2D eigenvalue weighted by Crippen LogP contribution is -2.36. The maximum Gasteiger partial charge on any atom is 0.303 e. The van der Waals surface area contributed by atoms with Crippen LogP contribution < -0.4 is 5.32 Å². The summed E-state index contributed by atoms with van der Waals surface area (Å²) in [6, 6.07) is 4.05. The first-order valence-electron chi connectivity index (χ1n) is 7.86. The van der Waals surface area contributed by atoms with Gasteiger partial charge in [-0.25, -0.2) is 0 Å². The third-order valence-electron chi connectivity index (χ3n) is 4.46. The van der Waals surface area contributed by atoms with Crippen molar-refractivity contribution in [2.45, 2.75) is 37.3 Å². The molecule has 2 aliphatic rings. The van der Waals surface area contributed by atoms with Crippen LogP contribution in [0, 0.1) is 0 Å². The molecule has 7 heteroatoms. The van der Waals surface area contributed by atoms with Crippen molar-refractivity contribution < 1.29 is 19.4 Å². The molecule has 0 aliphatic carbocycles. The van der Waals surface area contributed by atoms with Crippen LogP contribution in [0.15, 0.2) is 24.5 Å². The van der Waals surface area contributed by atoms with E-state index in [0.29, 0.717) is 19.7 Å². The van der Waals surface area contributed by atoms with Crippen LogP contribution in [0.2, 0.25) is 0 Å². The number of nitrogens with zero attached hydrogens (tertiary/aromatic N) is 2. The van der Waals surface area contributed by atoms with E-state index in [2.05, 4.69) is 10.3 Å². The van der Waals surface area contributed by atoms with E-state index in [1.165, 1.54) is 0 Å². The summed E-state index contributed by atoms with van der Waals surface area (Å²) in [7, 11) is 0. The highest BCUT2D eigenvalue weighted by molar-refractivity contribution is 5.81. The van der Waals surface area contributed by atoms with Gasteiger partial charge in [-0.1, -0.05) is 0 Å². The molecular weight excluding hydrogens is 298 g/mol. The van der Waals surface area contributed by atoms with E-state index in [0.717, 1.165) is 18.5 Å². The molecule has 0 saturated carbocycles. The van der Waals surface area contributed by atoms with Crippen LogP contribution in [0.4, 0.5) is 5.69 Å². The van der Waals surface area contributed by atoms with Gasteiger partial charge in [0.25, 0.3) is 0 Å². The van der Waals surface area contributed by atoms with E-state index in [1.54, 1.807) is 17.3 Å². The second-order valence-corrected chi connectivity index (χ2v) is 6.24. The number of carbonyl (C=O) groups is 2. The van der Waals surface area contributed by atoms with Gasteiger partial charge in [-0.15, -0.1) is 0 Å². The third-order valence-corrected chi connectivity index (χ3v) is 4.46. The molecule has 1 aromatic rings. The molecule has 2 aliphatic heterocycles. The van der Waals surface area contributed by atoms with Crippen LogP contribution in [-0.2, 0) is 14.3 Å². The van der Waals surface area contributed by atoms with Crippen LogP contribution in [0.25, 0.3) is 0 Å². The predicted octanol–water partition coefficient (Wildman–Crippen LogP) is 1.12. The van der Waals surface area contributed by atoms with Crippen LogP contribution >= 0.6 is 0 Å². The van der Waals surface area contributed by atoms with E-state index in [9.17, 15) is 9.59 Å². The molecule has 23 heavy (non-hydrogen) atoms. The van der Waals surface area contributed by atoms with E-state index >= 15 is 0 Å². The second kappa shape index (κ2) is 6.54. The van der Waals surface area contributed by atoms with E-state index < -0.39 is 5.97 Å². The molecule has 0 bridgehead atoms. The molecule has 1 amide bonds. The van der Waals surface area contributed by atoms with Crippen molar-refractivity contribution in [2.75, 3.05) is 25.0 Å². The number of likely N-dealkylation sites (tertiary alicyclic amines) is 1. The molecule has 1 aromatic heterocycles. The van der Waals surface area contributed by atoms with Crippen molar-refractivity contribution >= 4 is 17.6 Å². The average Bonchev–Trinajstić information content (AvgIpc) is 3.13. The molecule has 3 rings (SSSR count). The Bertz CT molecular complexity index is 580. The summed E-state index contributed by atoms with van der Waals surface area (Å²) >= 11 is 0. The van der Waals surface area contributed by atoms with E-state index in [4.69, 9.17) is 9.84 Å². The fourth-order valence-corrected chi connectivity index (χ4v) is 3.33. The number of anilines is 1. The van der Waals surface area contributed by atoms with Crippen LogP contribution in [0.5, 0.6) is 0 Å². The highest BCUT2D eigenvalue weighted by atomic mass is 16.5. The minimum Gasteiger partial charge on any atom is -0.481 e. The number of nitrogens with one attached hydrogen (secondary N) is 1. The molecule has 2 saturated heterocycles. The van der Waals surface area contributed by atoms with Gasteiger partial charge in [-0.3, -0.25) is 14.6 Å². The lowest BCUT2D eigenvalue weighted by Gasteiger charge is -2.23. The van der Waals surface area contributed by atoms with Gasteiger partial charge < -0.3 is 20.1 Å². The summed E-state index contributed by atoms with van der Waals surface area (Å²) in [6.45, 7) is 1.79. The summed E-state index contributed by atoms with van der Waals surface area (Å²) < 4.78 is 6.00. The normalized spacial score (nSPS) is 26.6. The minimum atomic E-state index is -0.940. The number of ether oxygens (including phenoxy) is 1. The van der Waals surface area contributed by atoms with Gasteiger partial charge in [0.15, 0.2) is 0 Å². The average molecular weight is 319 g/mol. The quantitative estimate of drug-likeness (QED) is 0.845. The zero-order valence-corrected chi connectivity index (χ0v) is 12.9. The molecule has 3 heterocycles. The number of amides is 1. The summed E-state index contributed by atoms with van der Waals surface area (Å²) in [5.74, 6) is -1.04. The molecule has 2 fully saturated rings. The predicted molar refractivity (Wildman–Crippen MR) is 83.0 cm³/mol. The first kappa shape index (κ1) is 15.7. The number of hydrogen-bond donors (Lipinski definition) is 2. The Morgan fingerprint density at radius 1 is 1.48 bits per heavy atom. The number of carboxylic acid groups (broad SMARTS) is 1. The molecule has 7 nitrogen and oxygen atoms in total. The number of pyridine rings is 1. The van der Waals surface area contributed by atoms with Crippen LogP contribution in [0.1, 0.15) is 25.7 Å². The van der Waals surface area contributed by atoms with Crippen molar-refractivity contribution in [3.63, 3.8) is 0 Å². The van der Waals surface area contributed by atoms with Gasteiger partial charge in [-0.05, 0) is 18.6 Å². The Balaban J connectivity index is 1.52. The highest BCUT2D eigenvalue weighted by Crippen LogP contribution is 2.36. The first-order chi connectivity index (χ1) is 11.1. The number of carboxylic acids is 1. The lowest BCUT2D eigenvalue weighted by atomic mass is 9.97. The highest BCUT2D eigenvalue weighted by Gasteiger charge is 2.46. The Kier molecular flexibility index (Phi) is 4.47. The number of hydrogen-bond acceptors (Lipinski definition) is 5. The van der Waals surface area contributed by atoms with Gasteiger partial charge in [0.05, 0.1) is 30.4 Å². The van der Waals surface area contributed by atoms with Gasteiger partial charge in [0, 0.05) is 38.3 Å². The van der Waals surface area contributed by atoms with Crippen LogP contribution in [0.3, 0.4) is 0 Å². The molecule has 2 atom stereocenters. The first-order valence-corrected chi connectivity index (χ1v) is 7.86. The smallest absolute Gasteiger partial charge is 0.303 e. The van der Waals surface area contributed by atoms with Crippen molar-refractivity contribution in [3.05, 3.63) is 24.5 Å². The molecular formula is C16H21N3O4. The third kappa shape index (κ3) is 3.79. The Hall–Kier alpha value is -2.15. The zero-order chi connectivity index (χ0) is 16.3. The summed E-state index contributed by atoms with van der Waals surface area (Å²) in [5, 5.41) is 12.1. The fourth-order valence-electron chi connectivity index (χ4n) is 3.33. The monoisotopic (exact) mass is 319 g/mol. The number of rotatable bonds is 5. The van der Waals surface area contributed by atoms with E-state index in [-0.39, 0.29) is 30.4 Å². The van der Waals surface area contributed by atoms with Crippen molar-refractivity contribution in [3.8, 4) is 0 Å². The summed E-state index contributed by atoms with van der Waals surface area (Å²) in [4.78, 5) is 28.4. The molecule has 0 unspecified atom stereocenters. The van der Waals surface area contributed by atoms with Gasteiger partial charge in [-0.2, -0.15) is 0 Å². The number of aliphatic carboxylic acids is 1. The maximum atomic E-state index is 12.0. The Labute approximate surface area is 134 Å². The molecule has 0 radical (unpaired) electrons. The summed E-state index contributed by atoms with van der Waals surface area (Å²) in [6.07, 6.45) is 5.09. The van der Waals surface area contributed by atoms with Gasteiger partial charge in [0.2, 0.25) is 5.91 Å².